The molecule has 0 aromatic heterocycles. The van der Waals surface area contributed by atoms with E-state index in [-0.39, 0.29) is 5.41 Å². The minimum atomic E-state index is 0.147. The number of aliphatic imine (C=N–C) groups is 1. The SMILES string of the molecule is CC/C=N\C1=CC(C)(CC)C=CC=C1C. The first kappa shape index (κ1) is 12.0. The second-order valence-corrected chi connectivity index (χ2v) is 4.32. The van der Waals surface area contributed by atoms with Crippen LogP contribution in [0.3, 0.4) is 0 Å². The molecule has 0 bridgehead atoms. The molecule has 1 rings (SSSR count). The highest BCUT2D eigenvalue weighted by atomic mass is 14.7. The van der Waals surface area contributed by atoms with E-state index in [2.05, 4.69) is 57.0 Å². The fourth-order valence-corrected chi connectivity index (χ4v) is 1.52. The van der Waals surface area contributed by atoms with E-state index >= 15 is 0 Å². The molecule has 0 spiro atoms. The summed E-state index contributed by atoms with van der Waals surface area (Å²) in [7, 11) is 0. The molecule has 0 saturated carbocycles. The molecule has 1 nitrogen and oxygen atoms in total. The molecule has 82 valence electrons. The normalized spacial score (nSPS) is 26.4. The molecule has 0 aromatic rings. The quantitative estimate of drug-likeness (QED) is 0.607. The summed E-state index contributed by atoms with van der Waals surface area (Å²) in [6, 6.07) is 0. The lowest BCUT2D eigenvalue weighted by molar-refractivity contribution is 0.528. The zero-order valence-corrected chi connectivity index (χ0v) is 10.2. The third kappa shape index (κ3) is 3.19. The van der Waals surface area contributed by atoms with Crippen LogP contribution in [-0.2, 0) is 0 Å². The van der Waals surface area contributed by atoms with Gasteiger partial charge in [-0.05, 0) is 31.4 Å². The van der Waals surface area contributed by atoms with Crippen molar-refractivity contribution in [2.45, 2.75) is 40.5 Å². The minimum absolute atomic E-state index is 0.147. The largest absolute Gasteiger partial charge is 0.261 e. The van der Waals surface area contributed by atoms with Gasteiger partial charge in [-0.15, -0.1) is 0 Å². The molecule has 0 N–H and O–H groups in total. The Balaban J connectivity index is 3.04. The lowest BCUT2D eigenvalue weighted by Gasteiger charge is -2.19. The molecule has 1 aliphatic rings. The molecule has 0 aliphatic heterocycles. The molecule has 1 aliphatic carbocycles. The number of hydrogen-bond donors (Lipinski definition) is 0. The number of allylic oxidation sites excluding steroid dienone is 5. The van der Waals surface area contributed by atoms with Gasteiger partial charge in [0.15, 0.2) is 0 Å². The van der Waals surface area contributed by atoms with Crippen molar-refractivity contribution in [3.8, 4) is 0 Å². The lowest BCUT2D eigenvalue weighted by atomic mass is 9.86. The van der Waals surface area contributed by atoms with E-state index in [1.54, 1.807) is 0 Å². The van der Waals surface area contributed by atoms with E-state index in [0.717, 1.165) is 18.5 Å². The predicted octanol–water partition coefficient (Wildman–Crippen LogP) is 4.28. The second-order valence-electron chi connectivity index (χ2n) is 4.32. The monoisotopic (exact) mass is 203 g/mol. The summed E-state index contributed by atoms with van der Waals surface area (Å²) in [5.41, 5.74) is 2.51. The molecule has 1 heteroatoms. The molecule has 0 radical (unpaired) electrons. The highest BCUT2D eigenvalue weighted by molar-refractivity contribution is 5.60. The van der Waals surface area contributed by atoms with E-state index in [4.69, 9.17) is 0 Å². The standard InChI is InChI=1S/C14H21N/c1-5-10-15-13-11-14(4,6-2)9-7-8-12(13)3/h7-11H,5-6H2,1-4H3/b15-10-. The van der Waals surface area contributed by atoms with Crippen molar-refractivity contribution in [1.29, 1.82) is 0 Å². The highest BCUT2D eigenvalue weighted by Gasteiger charge is 2.18. The van der Waals surface area contributed by atoms with Crippen LogP contribution in [0.5, 0.6) is 0 Å². The van der Waals surface area contributed by atoms with Gasteiger partial charge in [0.05, 0.1) is 5.70 Å². The van der Waals surface area contributed by atoms with Crippen molar-refractivity contribution in [3.63, 3.8) is 0 Å². The van der Waals surface area contributed by atoms with E-state index in [9.17, 15) is 0 Å². The van der Waals surface area contributed by atoms with Gasteiger partial charge in [-0.3, -0.25) is 4.99 Å². The first-order valence-electron chi connectivity index (χ1n) is 5.73. The predicted molar refractivity (Wildman–Crippen MR) is 68.2 cm³/mol. The Kier molecular flexibility index (Phi) is 4.07. The Hall–Kier alpha value is -1.11. The average Bonchev–Trinajstić information content (AvgIpc) is 2.37. The Morgan fingerprint density at radius 2 is 2.13 bits per heavy atom. The second kappa shape index (κ2) is 5.11. The van der Waals surface area contributed by atoms with Crippen molar-refractivity contribution < 1.29 is 0 Å². The third-order valence-electron chi connectivity index (χ3n) is 2.87. The summed E-state index contributed by atoms with van der Waals surface area (Å²) in [6.07, 6.45) is 12.9. The molecule has 0 fully saturated rings. The van der Waals surface area contributed by atoms with Gasteiger partial charge >= 0.3 is 0 Å². The van der Waals surface area contributed by atoms with E-state index in [0.29, 0.717) is 0 Å². The highest BCUT2D eigenvalue weighted by Crippen LogP contribution is 2.31. The fraction of sp³-hybridized carbons (Fsp3) is 0.500. The van der Waals surface area contributed by atoms with Crippen LogP contribution in [0.15, 0.2) is 40.6 Å². The molecule has 0 heterocycles. The van der Waals surface area contributed by atoms with Crippen LogP contribution in [0.1, 0.15) is 40.5 Å². The van der Waals surface area contributed by atoms with Gasteiger partial charge in [-0.1, -0.05) is 39.0 Å². The van der Waals surface area contributed by atoms with Gasteiger partial charge in [0.1, 0.15) is 0 Å². The maximum atomic E-state index is 4.51. The Labute approximate surface area is 93.3 Å². The van der Waals surface area contributed by atoms with Gasteiger partial charge in [0.25, 0.3) is 0 Å². The van der Waals surface area contributed by atoms with Crippen LogP contribution in [0, 0.1) is 5.41 Å². The third-order valence-corrected chi connectivity index (χ3v) is 2.87. The minimum Gasteiger partial charge on any atom is -0.261 e. The van der Waals surface area contributed by atoms with Crippen LogP contribution in [0.4, 0.5) is 0 Å². The van der Waals surface area contributed by atoms with Crippen molar-refractivity contribution in [1.82, 2.24) is 0 Å². The molecular formula is C14H21N. The Morgan fingerprint density at radius 3 is 2.73 bits per heavy atom. The summed E-state index contributed by atoms with van der Waals surface area (Å²) in [4.78, 5) is 4.51. The summed E-state index contributed by atoms with van der Waals surface area (Å²) < 4.78 is 0. The molecular weight excluding hydrogens is 182 g/mol. The van der Waals surface area contributed by atoms with Crippen LogP contribution >= 0.6 is 0 Å². The van der Waals surface area contributed by atoms with Crippen molar-refractivity contribution in [2.75, 3.05) is 0 Å². The number of nitrogens with zero attached hydrogens (tertiary/aromatic N) is 1. The first-order chi connectivity index (χ1) is 7.11. The zero-order chi connectivity index (χ0) is 11.3. The van der Waals surface area contributed by atoms with Crippen LogP contribution < -0.4 is 0 Å². The molecule has 1 unspecified atom stereocenters. The van der Waals surface area contributed by atoms with E-state index < -0.39 is 0 Å². The maximum Gasteiger partial charge on any atom is 0.0623 e. The molecule has 0 saturated heterocycles. The zero-order valence-electron chi connectivity index (χ0n) is 10.2. The first-order valence-corrected chi connectivity index (χ1v) is 5.73. The molecule has 1 atom stereocenters. The smallest absolute Gasteiger partial charge is 0.0623 e. The van der Waals surface area contributed by atoms with Crippen LogP contribution in [0.25, 0.3) is 0 Å². The van der Waals surface area contributed by atoms with Gasteiger partial charge in [-0.25, -0.2) is 0 Å². The Bertz CT molecular complexity index is 331. The summed E-state index contributed by atoms with van der Waals surface area (Å²) in [6.45, 7) is 8.68. The van der Waals surface area contributed by atoms with Gasteiger partial charge in [0.2, 0.25) is 0 Å². The van der Waals surface area contributed by atoms with Crippen molar-refractivity contribution >= 4 is 6.21 Å². The molecule has 15 heavy (non-hydrogen) atoms. The van der Waals surface area contributed by atoms with E-state index in [1.807, 2.05) is 6.21 Å². The summed E-state index contributed by atoms with van der Waals surface area (Å²) in [5.74, 6) is 0. The Morgan fingerprint density at radius 1 is 1.40 bits per heavy atom. The van der Waals surface area contributed by atoms with E-state index in [1.165, 1.54) is 5.57 Å². The van der Waals surface area contributed by atoms with Crippen molar-refractivity contribution in [2.24, 2.45) is 10.4 Å². The maximum absolute atomic E-state index is 4.51. The fourth-order valence-electron chi connectivity index (χ4n) is 1.52. The van der Waals surface area contributed by atoms with Gasteiger partial charge in [-0.2, -0.15) is 0 Å². The average molecular weight is 203 g/mol. The van der Waals surface area contributed by atoms with Crippen LogP contribution in [0.2, 0.25) is 0 Å². The van der Waals surface area contributed by atoms with Crippen LogP contribution in [-0.4, -0.2) is 6.21 Å². The van der Waals surface area contributed by atoms with Gasteiger partial charge < -0.3 is 0 Å². The topological polar surface area (TPSA) is 12.4 Å². The summed E-state index contributed by atoms with van der Waals surface area (Å²) in [5, 5.41) is 0. The van der Waals surface area contributed by atoms with Crippen molar-refractivity contribution in [3.05, 3.63) is 35.6 Å². The number of hydrogen-bond acceptors (Lipinski definition) is 1. The lowest BCUT2D eigenvalue weighted by Crippen LogP contribution is -2.07. The molecule has 0 aromatic carbocycles. The number of rotatable bonds is 3. The van der Waals surface area contributed by atoms with Gasteiger partial charge in [0, 0.05) is 11.6 Å². The summed E-state index contributed by atoms with van der Waals surface area (Å²) >= 11 is 0. The molecule has 0 amide bonds.